The van der Waals surface area contributed by atoms with E-state index in [1.54, 1.807) is 0 Å². The summed E-state index contributed by atoms with van der Waals surface area (Å²) < 4.78 is 81.2. The fourth-order valence-corrected chi connectivity index (χ4v) is 5.05. The van der Waals surface area contributed by atoms with Crippen LogP contribution in [-0.4, -0.2) is 49.5 Å². The van der Waals surface area contributed by atoms with Crippen LogP contribution in [0, 0.1) is 11.7 Å². The lowest BCUT2D eigenvalue weighted by Crippen LogP contribution is -2.47. The van der Waals surface area contributed by atoms with Gasteiger partial charge in [0.25, 0.3) is 0 Å². The highest BCUT2D eigenvalue weighted by atomic mass is 35.5. The second-order valence-electron chi connectivity index (χ2n) is 8.93. The molecular weight excluding hydrogens is 481 g/mol. The second kappa shape index (κ2) is 9.95. The number of ether oxygens (including phenoxy) is 2. The minimum atomic E-state index is -4.64. The van der Waals surface area contributed by atoms with Gasteiger partial charge in [0.1, 0.15) is 17.7 Å². The van der Waals surface area contributed by atoms with Crippen LogP contribution in [0.1, 0.15) is 43.7 Å². The summed E-state index contributed by atoms with van der Waals surface area (Å²) in [6.45, 7) is 0.121. The van der Waals surface area contributed by atoms with Crippen molar-refractivity contribution < 1.29 is 36.2 Å². The lowest BCUT2D eigenvalue weighted by molar-refractivity contribution is -0.195. The fraction of sp³-hybridized carbons (Fsp3) is 0.542. The minimum Gasteiger partial charge on any atom is -0.465 e. The zero-order chi connectivity index (χ0) is 24.6. The molecule has 4 rings (SSSR count). The number of halogens is 6. The summed E-state index contributed by atoms with van der Waals surface area (Å²) in [6.07, 6.45) is -1.81. The van der Waals surface area contributed by atoms with Crippen LogP contribution in [0.25, 0.3) is 0 Å². The van der Waals surface area contributed by atoms with Gasteiger partial charge in [-0.1, -0.05) is 17.7 Å². The summed E-state index contributed by atoms with van der Waals surface area (Å²) in [5.41, 5.74) is 0.439. The van der Waals surface area contributed by atoms with E-state index in [2.05, 4.69) is 4.74 Å². The van der Waals surface area contributed by atoms with E-state index < -0.39 is 42.0 Å². The molecule has 1 aromatic carbocycles. The van der Waals surface area contributed by atoms with Crippen LogP contribution < -0.4 is 0 Å². The van der Waals surface area contributed by atoms with E-state index in [0.717, 1.165) is 36.6 Å². The van der Waals surface area contributed by atoms with Gasteiger partial charge >= 0.3 is 12.1 Å². The topological polar surface area (TPSA) is 38.8 Å². The van der Waals surface area contributed by atoms with Crippen LogP contribution in [0.15, 0.2) is 41.2 Å². The zero-order valence-corrected chi connectivity index (χ0v) is 19.3. The Balaban J connectivity index is 1.53. The van der Waals surface area contributed by atoms with Crippen molar-refractivity contribution >= 4 is 17.6 Å². The Bertz CT molecular complexity index is 1000. The van der Waals surface area contributed by atoms with Gasteiger partial charge in [0.2, 0.25) is 0 Å². The molecule has 0 spiro atoms. The maximum absolute atomic E-state index is 14.7. The van der Waals surface area contributed by atoms with Gasteiger partial charge in [-0.3, -0.25) is 4.90 Å². The first-order chi connectivity index (χ1) is 16.1. The number of likely N-dealkylation sites (tertiary alicyclic amines) is 1. The van der Waals surface area contributed by atoms with E-state index >= 15 is 0 Å². The maximum atomic E-state index is 14.7. The monoisotopic (exact) mass is 505 g/mol. The highest BCUT2D eigenvalue weighted by Crippen LogP contribution is 2.45. The van der Waals surface area contributed by atoms with Crippen molar-refractivity contribution in [2.24, 2.45) is 5.92 Å². The molecule has 2 aliphatic carbocycles. The van der Waals surface area contributed by atoms with Gasteiger partial charge in [-0.25, -0.2) is 13.6 Å². The first kappa shape index (κ1) is 25.1. The van der Waals surface area contributed by atoms with Gasteiger partial charge in [0, 0.05) is 18.0 Å². The van der Waals surface area contributed by atoms with Crippen molar-refractivity contribution in [3.63, 3.8) is 0 Å². The van der Waals surface area contributed by atoms with E-state index in [9.17, 15) is 26.7 Å². The second-order valence-corrected chi connectivity index (χ2v) is 9.33. The molecule has 0 radical (unpaired) electrons. The summed E-state index contributed by atoms with van der Waals surface area (Å²) in [4.78, 5) is 13.1. The third-order valence-electron chi connectivity index (χ3n) is 6.49. The van der Waals surface area contributed by atoms with Crippen molar-refractivity contribution in [1.82, 2.24) is 4.90 Å². The van der Waals surface area contributed by atoms with Crippen molar-refractivity contribution in [2.75, 3.05) is 20.2 Å². The van der Waals surface area contributed by atoms with Crippen molar-refractivity contribution in [3.05, 3.63) is 57.7 Å². The predicted octanol–water partition coefficient (Wildman–Crippen LogP) is 6.07. The Kier molecular flexibility index (Phi) is 7.36. The van der Waals surface area contributed by atoms with Gasteiger partial charge < -0.3 is 9.47 Å². The summed E-state index contributed by atoms with van der Waals surface area (Å²) in [7, 11) is 1.18. The van der Waals surface area contributed by atoms with Crippen LogP contribution >= 0.6 is 11.6 Å². The number of hydrogen-bond acceptors (Lipinski definition) is 4. The van der Waals surface area contributed by atoms with Crippen molar-refractivity contribution in [3.8, 4) is 0 Å². The Morgan fingerprint density at radius 2 is 1.94 bits per heavy atom. The lowest BCUT2D eigenvalue weighted by atomic mass is 9.91. The molecule has 1 saturated heterocycles. The third-order valence-corrected chi connectivity index (χ3v) is 6.82. The van der Waals surface area contributed by atoms with Gasteiger partial charge in [0.05, 0.1) is 24.9 Å². The summed E-state index contributed by atoms with van der Waals surface area (Å²) in [5.74, 6) is -1.96. The first-order valence-corrected chi connectivity index (χ1v) is 11.6. The molecule has 186 valence electrons. The summed E-state index contributed by atoms with van der Waals surface area (Å²) in [5, 5.41) is -0.292. The van der Waals surface area contributed by atoms with Crippen LogP contribution in [-0.2, 0) is 14.3 Å². The van der Waals surface area contributed by atoms with Gasteiger partial charge in [-0.05, 0) is 67.5 Å². The SMILES string of the molecule is COC(=O)C1=C(F)CC(O[C@@H]2CCCN(C(c3ccc(F)cc3Cl)C(F)(F)F)C2)C(C2CC2)=C1. The number of nitrogens with zero attached hydrogens (tertiary/aromatic N) is 1. The molecule has 0 bridgehead atoms. The lowest BCUT2D eigenvalue weighted by Gasteiger charge is -2.40. The Morgan fingerprint density at radius 1 is 1.21 bits per heavy atom. The van der Waals surface area contributed by atoms with Gasteiger partial charge in [0.15, 0.2) is 0 Å². The number of carbonyl (C=O) groups is 1. The van der Waals surface area contributed by atoms with E-state index in [4.69, 9.17) is 16.3 Å². The Morgan fingerprint density at radius 3 is 2.56 bits per heavy atom. The molecule has 3 aliphatic rings. The molecule has 0 N–H and O–H groups in total. The first-order valence-electron chi connectivity index (χ1n) is 11.2. The van der Waals surface area contributed by atoms with Crippen molar-refractivity contribution in [2.45, 2.75) is 56.5 Å². The zero-order valence-electron chi connectivity index (χ0n) is 18.5. The van der Waals surface area contributed by atoms with Gasteiger partial charge in [-0.2, -0.15) is 13.2 Å². The van der Waals surface area contributed by atoms with Crippen LogP contribution in [0.4, 0.5) is 22.0 Å². The average molecular weight is 506 g/mol. The molecule has 0 aromatic heterocycles. The summed E-state index contributed by atoms with van der Waals surface area (Å²) >= 11 is 5.98. The third kappa shape index (κ3) is 5.47. The molecule has 34 heavy (non-hydrogen) atoms. The maximum Gasteiger partial charge on any atom is 0.408 e. The number of rotatable bonds is 6. The fourth-order valence-electron chi connectivity index (χ4n) is 4.78. The molecule has 0 amide bonds. The molecule has 2 fully saturated rings. The number of benzene rings is 1. The number of carbonyl (C=O) groups excluding carboxylic acids is 1. The molecule has 10 heteroatoms. The minimum absolute atomic E-state index is 0.0402. The van der Waals surface area contributed by atoms with Crippen molar-refractivity contribution in [1.29, 1.82) is 0 Å². The van der Waals surface area contributed by atoms with Crippen LogP contribution in [0.5, 0.6) is 0 Å². The number of piperidine rings is 1. The predicted molar refractivity (Wildman–Crippen MR) is 115 cm³/mol. The Hall–Kier alpha value is -1.97. The van der Waals surface area contributed by atoms with E-state index in [0.29, 0.717) is 12.8 Å². The molecule has 3 atom stereocenters. The highest BCUT2D eigenvalue weighted by molar-refractivity contribution is 6.31. The number of methoxy groups -OCH3 is 1. The number of esters is 1. The largest absolute Gasteiger partial charge is 0.465 e. The smallest absolute Gasteiger partial charge is 0.408 e. The van der Waals surface area contributed by atoms with E-state index in [-0.39, 0.29) is 41.6 Å². The standard InChI is InChI=1S/C24H25ClF5NO3/c1-33-23(32)18-10-17(13-4-5-13)21(11-20(18)27)34-15-3-2-8-31(12-15)22(24(28,29)30)16-7-6-14(26)9-19(16)25/h6-7,9-10,13,15,21-22H,2-5,8,11-12H2,1H3/t15-,21?,22?/m1/s1. The number of hydrogen-bond donors (Lipinski definition) is 0. The molecule has 1 saturated carbocycles. The van der Waals surface area contributed by atoms with Crippen LogP contribution in [0.2, 0.25) is 5.02 Å². The molecule has 1 aliphatic heterocycles. The molecule has 2 unspecified atom stereocenters. The molecule has 1 aromatic rings. The molecular formula is C24H25ClF5NO3. The average Bonchev–Trinajstić information content (AvgIpc) is 3.60. The summed E-state index contributed by atoms with van der Waals surface area (Å²) in [6, 6.07) is 0.875. The van der Waals surface area contributed by atoms with E-state index in [1.807, 2.05) is 0 Å². The number of alkyl halides is 3. The molecule has 1 heterocycles. The quantitative estimate of drug-likeness (QED) is 0.347. The molecule has 4 nitrogen and oxygen atoms in total. The van der Waals surface area contributed by atoms with E-state index in [1.165, 1.54) is 18.1 Å². The van der Waals surface area contributed by atoms with Gasteiger partial charge in [-0.15, -0.1) is 0 Å². The Labute approximate surface area is 199 Å². The normalized spacial score (nSPS) is 25.2. The highest BCUT2D eigenvalue weighted by Gasteiger charge is 2.47. The van der Waals surface area contributed by atoms with Crippen LogP contribution in [0.3, 0.4) is 0 Å².